The molecule has 94 valence electrons. The van der Waals surface area contributed by atoms with Crippen molar-refractivity contribution in [2.24, 2.45) is 5.73 Å². The van der Waals surface area contributed by atoms with Gasteiger partial charge in [0.1, 0.15) is 11.8 Å². The molecule has 0 unspecified atom stereocenters. The predicted molar refractivity (Wildman–Crippen MR) is 69.5 cm³/mol. The maximum absolute atomic E-state index is 10.6. The Balaban J connectivity index is 2.56. The van der Waals surface area contributed by atoms with Gasteiger partial charge in [-0.15, -0.1) is 0 Å². The normalized spacial score (nSPS) is 12.2. The summed E-state index contributed by atoms with van der Waals surface area (Å²) >= 11 is 1.50. The summed E-state index contributed by atoms with van der Waals surface area (Å²) in [7, 11) is 1.63. The highest BCUT2D eigenvalue weighted by atomic mass is 32.2. The van der Waals surface area contributed by atoms with E-state index in [2.05, 4.69) is 0 Å². The molecule has 0 fully saturated rings. The van der Waals surface area contributed by atoms with Crippen molar-refractivity contribution in [2.75, 3.05) is 12.9 Å². The van der Waals surface area contributed by atoms with E-state index in [1.54, 1.807) is 7.11 Å². The Bertz CT molecular complexity index is 395. The fourth-order valence-electron chi connectivity index (χ4n) is 1.39. The predicted octanol–water partition coefficient (Wildman–Crippen LogP) is 1.65. The Labute approximate surface area is 105 Å². The zero-order valence-corrected chi connectivity index (χ0v) is 10.8. The van der Waals surface area contributed by atoms with Crippen LogP contribution in [0.5, 0.6) is 5.75 Å². The molecule has 1 atom stereocenters. The number of ether oxygens (including phenoxy) is 1. The molecule has 0 amide bonds. The van der Waals surface area contributed by atoms with Crippen LogP contribution in [0.15, 0.2) is 18.2 Å². The Kier molecular flexibility index (Phi) is 5.31. The summed E-state index contributed by atoms with van der Waals surface area (Å²) in [6.07, 6.45) is 0. The van der Waals surface area contributed by atoms with Crippen molar-refractivity contribution >= 4 is 17.7 Å². The minimum absolute atomic E-state index is 0.395. The Morgan fingerprint density at radius 1 is 1.59 bits per heavy atom. The molecule has 3 N–H and O–H groups in total. The number of hydrogen-bond donors (Lipinski definition) is 2. The smallest absolute Gasteiger partial charge is 0.321 e. The number of aryl methyl sites for hydroxylation is 1. The lowest BCUT2D eigenvalue weighted by atomic mass is 10.1. The number of aliphatic carboxylic acids is 1. The molecular weight excluding hydrogens is 238 g/mol. The van der Waals surface area contributed by atoms with Gasteiger partial charge in [0.2, 0.25) is 0 Å². The molecule has 17 heavy (non-hydrogen) atoms. The minimum atomic E-state index is -0.964. The monoisotopic (exact) mass is 255 g/mol. The van der Waals surface area contributed by atoms with Crippen molar-refractivity contribution in [1.29, 1.82) is 0 Å². The first kappa shape index (κ1) is 13.9. The molecule has 1 aromatic carbocycles. The van der Waals surface area contributed by atoms with Crippen molar-refractivity contribution in [1.82, 2.24) is 0 Å². The van der Waals surface area contributed by atoms with Gasteiger partial charge in [-0.05, 0) is 13.0 Å². The van der Waals surface area contributed by atoms with E-state index in [4.69, 9.17) is 15.6 Å². The zero-order valence-electron chi connectivity index (χ0n) is 9.97. The number of carboxylic acid groups (broad SMARTS) is 1. The van der Waals surface area contributed by atoms with Gasteiger partial charge in [0.25, 0.3) is 0 Å². The maximum Gasteiger partial charge on any atom is 0.321 e. The number of thioether (sulfide) groups is 1. The largest absolute Gasteiger partial charge is 0.496 e. The fourth-order valence-corrected chi connectivity index (χ4v) is 2.35. The van der Waals surface area contributed by atoms with Gasteiger partial charge in [-0.1, -0.05) is 17.7 Å². The molecule has 0 radical (unpaired) electrons. The first-order valence-corrected chi connectivity index (χ1v) is 6.39. The third-order valence-corrected chi connectivity index (χ3v) is 3.42. The molecule has 0 aliphatic carbocycles. The molecule has 0 aromatic heterocycles. The third kappa shape index (κ3) is 4.28. The second-order valence-electron chi connectivity index (χ2n) is 3.78. The van der Waals surface area contributed by atoms with Crippen molar-refractivity contribution in [3.8, 4) is 5.75 Å². The number of benzene rings is 1. The van der Waals surface area contributed by atoms with Gasteiger partial charge in [0.15, 0.2) is 0 Å². The summed E-state index contributed by atoms with van der Waals surface area (Å²) in [6.45, 7) is 2.01. The van der Waals surface area contributed by atoms with Crippen LogP contribution >= 0.6 is 11.8 Å². The van der Waals surface area contributed by atoms with Crippen LogP contribution in [-0.2, 0) is 10.5 Å². The Morgan fingerprint density at radius 2 is 2.29 bits per heavy atom. The standard InChI is InChI=1S/C12H17NO3S/c1-8-3-4-11(16-2)9(5-8)6-17-7-10(13)12(14)15/h3-5,10H,6-7,13H2,1-2H3,(H,14,15)/t10-/m0/s1. The summed E-state index contributed by atoms with van der Waals surface area (Å²) in [5.41, 5.74) is 7.65. The van der Waals surface area contributed by atoms with E-state index in [1.165, 1.54) is 11.8 Å². The Hall–Kier alpha value is -1.20. The molecule has 1 rings (SSSR count). The number of hydrogen-bond acceptors (Lipinski definition) is 4. The minimum Gasteiger partial charge on any atom is -0.496 e. The van der Waals surface area contributed by atoms with Crippen molar-refractivity contribution in [2.45, 2.75) is 18.7 Å². The first-order valence-electron chi connectivity index (χ1n) is 5.24. The van der Waals surface area contributed by atoms with Gasteiger partial charge >= 0.3 is 5.97 Å². The molecule has 0 aliphatic heterocycles. The number of rotatable bonds is 6. The highest BCUT2D eigenvalue weighted by Gasteiger charge is 2.11. The lowest BCUT2D eigenvalue weighted by molar-refractivity contribution is -0.137. The highest BCUT2D eigenvalue weighted by Crippen LogP contribution is 2.24. The van der Waals surface area contributed by atoms with Crippen molar-refractivity contribution < 1.29 is 14.6 Å². The summed E-state index contributed by atoms with van der Waals surface area (Å²) in [4.78, 5) is 10.6. The Morgan fingerprint density at radius 3 is 2.88 bits per heavy atom. The zero-order chi connectivity index (χ0) is 12.8. The number of carbonyl (C=O) groups is 1. The summed E-state index contributed by atoms with van der Waals surface area (Å²) in [6, 6.07) is 5.13. The van der Waals surface area contributed by atoms with Crippen LogP contribution in [0.25, 0.3) is 0 Å². The first-order chi connectivity index (χ1) is 8.04. The number of carboxylic acids is 1. The molecular formula is C12H17NO3S. The summed E-state index contributed by atoms with van der Waals surface area (Å²) < 4.78 is 5.24. The van der Waals surface area contributed by atoms with Crippen LogP contribution in [0, 0.1) is 6.92 Å². The van der Waals surface area contributed by atoms with Gasteiger partial charge in [-0.25, -0.2) is 0 Å². The van der Waals surface area contributed by atoms with E-state index in [9.17, 15) is 4.79 Å². The number of methoxy groups -OCH3 is 1. The van der Waals surface area contributed by atoms with E-state index in [0.29, 0.717) is 11.5 Å². The van der Waals surface area contributed by atoms with Crippen molar-refractivity contribution in [3.05, 3.63) is 29.3 Å². The van der Waals surface area contributed by atoms with Crippen LogP contribution in [0.3, 0.4) is 0 Å². The topological polar surface area (TPSA) is 72.5 Å². The van der Waals surface area contributed by atoms with E-state index in [-0.39, 0.29) is 0 Å². The van der Waals surface area contributed by atoms with Crippen molar-refractivity contribution in [3.63, 3.8) is 0 Å². The van der Waals surface area contributed by atoms with Crippen LogP contribution in [0.4, 0.5) is 0 Å². The molecule has 0 heterocycles. The fraction of sp³-hybridized carbons (Fsp3) is 0.417. The highest BCUT2D eigenvalue weighted by molar-refractivity contribution is 7.98. The van der Waals surface area contributed by atoms with Crippen LogP contribution in [0.1, 0.15) is 11.1 Å². The van der Waals surface area contributed by atoms with Gasteiger partial charge in [-0.3, -0.25) is 4.79 Å². The summed E-state index contributed by atoms with van der Waals surface area (Å²) in [5, 5.41) is 8.66. The summed E-state index contributed by atoms with van der Waals surface area (Å²) in [5.74, 6) is 0.957. The molecule has 0 bridgehead atoms. The van der Waals surface area contributed by atoms with Gasteiger partial charge < -0.3 is 15.6 Å². The lowest BCUT2D eigenvalue weighted by Gasteiger charge is -2.10. The second kappa shape index (κ2) is 6.51. The number of nitrogens with two attached hydrogens (primary N) is 1. The van der Waals surface area contributed by atoms with Crippen LogP contribution in [0.2, 0.25) is 0 Å². The molecule has 4 nitrogen and oxygen atoms in total. The van der Waals surface area contributed by atoms with E-state index in [1.807, 2.05) is 25.1 Å². The van der Waals surface area contributed by atoms with E-state index >= 15 is 0 Å². The molecule has 5 heteroatoms. The quantitative estimate of drug-likeness (QED) is 0.808. The van der Waals surface area contributed by atoms with E-state index < -0.39 is 12.0 Å². The van der Waals surface area contributed by atoms with Gasteiger partial charge in [0, 0.05) is 17.1 Å². The van der Waals surface area contributed by atoms with Gasteiger partial charge in [0.05, 0.1) is 7.11 Å². The maximum atomic E-state index is 10.6. The molecule has 0 saturated heterocycles. The molecule has 0 aliphatic rings. The molecule has 0 spiro atoms. The third-order valence-electron chi connectivity index (χ3n) is 2.31. The van der Waals surface area contributed by atoms with Gasteiger partial charge in [-0.2, -0.15) is 11.8 Å². The average Bonchev–Trinajstić information content (AvgIpc) is 2.29. The lowest BCUT2D eigenvalue weighted by Crippen LogP contribution is -2.32. The van der Waals surface area contributed by atoms with Crippen LogP contribution < -0.4 is 10.5 Å². The van der Waals surface area contributed by atoms with Crippen LogP contribution in [-0.4, -0.2) is 30.0 Å². The average molecular weight is 255 g/mol. The van der Waals surface area contributed by atoms with E-state index in [0.717, 1.165) is 16.9 Å². The molecule has 0 saturated carbocycles. The second-order valence-corrected chi connectivity index (χ2v) is 4.81. The molecule has 1 aromatic rings. The SMILES string of the molecule is COc1ccc(C)cc1CSC[C@H](N)C(=O)O.